The third kappa shape index (κ3) is 4.43. The molecule has 1 fully saturated rings. The maximum Gasteiger partial charge on any atom is 0.164 e. The van der Waals surface area contributed by atoms with Gasteiger partial charge in [0.05, 0.1) is 0 Å². The topological polar surface area (TPSA) is 23.6 Å². The Balaban J connectivity index is 1.88. The van der Waals surface area contributed by atoms with E-state index in [1.807, 2.05) is 12.1 Å². The molecule has 0 bridgehead atoms. The van der Waals surface area contributed by atoms with Crippen LogP contribution in [-0.2, 0) is 0 Å². The predicted molar refractivity (Wildman–Crippen MR) is 83.4 cm³/mol. The number of carbonyl (C=O) groups excluding carboxylic acids is 1. The molecule has 3 heteroatoms. The summed E-state index contributed by atoms with van der Waals surface area (Å²) in [5.41, 5.74) is 3.21. The largest absolute Gasteiger partial charge is 0.305 e. The number of Topliss-reactive ketones (excluding diaryl/α,β-unsaturated/α-hetero) is 1. The standard InChI is InChI=1S/C17H26N2O/c1-14-11-15(2)13-16(12-14)17(20)5-8-19-7-4-6-18(3)9-10-19/h11-13H,4-10H2,1-3H3. The van der Waals surface area contributed by atoms with Gasteiger partial charge in [0.1, 0.15) is 0 Å². The molecule has 3 nitrogen and oxygen atoms in total. The van der Waals surface area contributed by atoms with Crippen LogP contribution < -0.4 is 0 Å². The Labute approximate surface area is 122 Å². The normalized spacial score (nSPS) is 17.9. The van der Waals surface area contributed by atoms with Crippen LogP contribution in [0.5, 0.6) is 0 Å². The first-order valence-electron chi connectivity index (χ1n) is 7.57. The Morgan fingerprint density at radius 1 is 1.05 bits per heavy atom. The van der Waals surface area contributed by atoms with E-state index in [9.17, 15) is 4.79 Å². The van der Waals surface area contributed by atoms with E-state index < -0.39 is 0 Å². The van der Waals surface area contributed by atoms with Gasteiger partial charge in [-0.3, -0.25) is 4.79 Å². The van der Waals surface area contributed by atoms with Crippen molar-refractivity contribution in [1.82, 2.24) is 9.80 Å². The van der Waals surface area contributed by atoms with Gasteiger partial charge >= 0.3 is 0 Å². The second-order valence-electron chi connectivity index (χ2n) is 6.05. The van der Waals surface area contributed by atoms with Crippen LogP contribution in [0.1, 0.15) is 34.3 Å². The summed E-state index contributed by atoms with van der Waals surface area (Å²) in [6, 6.07) is 6.12. The average Bonchev–Trinajstić information content (AvgIpc) is 2.59. The number of aryl methyl sites for hydroxylation is 2. The van der Waals surface area contributed by atoms with Gasteiger partial charge in [-0.25, -0.2) is 0 Å². The van der Waals surface area contributed by atoms with Crippen molar-refractivity contribution >= 4 is 5.78 Å². The fourth-order valence-corrected chi connectivity index (χ4v) is 2.86. The van der Waals surface area contributed by atoms with Crippen molar-refractivity contribution in [2.24, 2.45) is 0 Å². The number of benzene rings is 1. The molecule has 110 valence electrons. The molecular formula is C17H26N2O. The molecule has 0 spiro atoms. The first-order chi connectivity index (χ1) is 9.54. The molecule has 1 heterocycles. The third-order valence-electron chi connectivity index (χ3n) is 4.01. The maximum absolute atomic E-state index is 12.3. The predicted octanol–water partition coefficient (Wildman–Crippen LogP) is 2.51. The molecule has 1 aliphatic rings. The molecule has 0 aromatic heterocycles. The molecule has 0 atom stereocenters. The van der Waals surface area contributed by atoms with Gasteiger partial charge in [0.2, 0.25) is 0 Å². The van der Waals surface area contributed by atoms with Crippen molar-refractivity contribution in [1.29, 1.82) is 0 Å². The minimum absolute atomic E-state index is 0.273. The lowest BCUT2D eigenvalue weighted by Crippen LogP contribution is -2.30. The van der Waals surface area contributed by atoms with Gasteiger partial charge in [-0.1, -0.05) is 17.2 Å². The van der Waals surface area contributed by atoms with E-state index in [1.54, 1.807) is 0 Å². The van der Waals surface area contributed by atoms with Crippen LogP contribution in [0.2, 0.25) is 0 Å². The van der Waals surface area contributed by atoms with E-state index in [2.05, 4.69) is 36.8 Å². The van der Waals surface area contributed by atoms with Crippen LogP contribution in [0.25, 0.3) is 0 Å². The minimum atomic E-state index is 0.273. The molecule has 0 N–H and O–H groups in total. The number of likely N-dealkylation sites (N-methyl/N-ethyl adjacent to an activating group) is 1. The summed E-state index contributed by atoms with van der Waals surface area (Å²) in [5.74, 6) is 0.273. The van der Waals surface area contributed by atoms with Crippen molar-refractivity contribution in [3.05, 3.63) is 34.9 Å². The van der Waals surface area contributed by atoms with Crippen molar-refractivity contribution in [3.63, 3.8) is 0 Å². The van der Waals surface area contributed by atoms with Crippen molar-refractivity contribution in [2.45, 2.75) is 26.7 Å². The second kappa shape index (κ2) is 7.00. The van der Waals surface area contributed by atoms with Crippen LogP contribution in [0.4, 0.5) is 0 Å². The van der Waals surface area contributed by atoms with E-state index in [4.69, 9.17) is 0 Å². The van der Waals surface area contributed by atoms with Crippen LogP contribution in [0.15, 0.2) is 18.2 Å². The summed E-state index contributed by atoms with van der Waals surface area (Å²) < 4.78 is 0. The Hall–Kier alpha value is -1.19. The minimum Gasteiger partial charge on any atom is -0.305 e. The highest BCUT2D eigenvalue weighted by atomic mass is 16.1. The van der Waals surface area contributed by atoms with E-state index in [0.29, 0.717) is 6.42 Å². The number of hydrogen-bond acceptors (Lipinski definition) is 3. The van der Waals surface area contributed by atoms with Crippen molar-refractivity contribution < 1.29 is 4.79 Å². The van der Waals surface area contributed by atoms with E-state index in [1.165, 1.54) is 24.1 Å². The molecule has 0 saturated carbocycles. The van der Waals surface area contributed by atoms with Crippen LogP contribution in [0, 0.1) is 13.8 Å². The number of ketones is 1. The van der Waals surface area contributed by atoms with E-state index in [0.717, 1.165) is 31.7 Å². The Morgan fingerprint density at radius 2 is 1.75 bits per heavy atom. The zero-order valence-corrected chi connectivity index (χ0v) is 13.0. The highest BCUT2D eigenvalue weighted by Gasteiger charge is 2.14. The van der Waals surface area contributed by atoms with Gasteiger partial charge in [-0.2, -0.15) is 0 Å². The first-order valence-corrected chi connectivity index (χ1v) is 7.57. The van der Waals surface area contributed by atoms with E-state index in [-0.39, 0.29) is 5.78 Å². The summed E-state index contributed by atoms with van der Waals surface area (Å²) in [7, 11) is 2.17. The van der Waals surface area contributed by atoms with Crippen LogP contribution in [-0.4, -0.2) is 55.4 Å². The first kappa shape index (κ1) is 15.2. The summed E-state index contributed by atoms with van der Waals surface area (Å²) in [6.45, 7) is 9.46. The highest BCUT2D eigenvalue weighted by molar-refractivity contribution is 5.96. The number of hydrogen-bond donors (Lipinski definition) is 0. The molecule has 2 rings (SSSR count). The molecule has 20 heavy (non-hydrogen) atoms. The summed E-state index contributed by atoms with van der Waals surface area (Å²) in [5, 5.41) is 0. The molecule has 0 unspecified atom stereocenters. The van der Waals surface area contributed by atoms with Gasteiger partial charge in [0, 0.05) is 31.6 Å². The second-order valence-corrected chi connectivity index (χ2v) is 6.05. The van der Waals surface area contributed by atoms with Gasteiger partial charge < -0.3 is 9.80 Å². The summed E-state index contributed by atoms with van der Waals surface area (Å²) >= 11 is 0. The molecule has 0 radical (unpaired) electrons. The molecule has 0 aliphatic carbocycles. The number of carbonyl (C=O) groups is 1. The maximum atomic E-state index is 12.3. The van der Waals surface area contributed by atoms with Crippen molar-refractivity contribution in [2.75, 3.05) is 39.8 Å². The van der Waals surface area contributed by atoms with Gasteiger partial charge in [0.25, 0.3) is 0 Å². The number of rotatable bonds is 4. The Morgan fingerprint density at radius 3 is 2.45 bits per heavy atom. The highest BCUT2D eigenvalue weighted by Crippen LogP contribution is 2.12. The smallest absolute Gasteiger partial charge is 0.164 e. The summed E-state index contributed by atoms with van der Waals surface area (Å²) in [6.07, 6.45) is 1.83. The lowest BCUT2D eigenvalue weighted by molar-refractivity contribution is 0.0965. The lowest BCUT2D eigenvalue weighted by Gasteiger charge is -2.19. The molecule has 1 saturated heterocycles. The average molecular weight is 274 g/mol. The van der Waals surface area contributed by atoms with E-state index >= 15 is 0 Å². The third-order valence-corrected chi connectivity index (χ3v) is 4.01. The fraction of sp³-hybridized carbons (Fsp3) is 0.588. The van der Waals surface area contributed by atoms with Crippen LogP contribution >= 0.6 is 0 Å². The van der Waals surface area contributed by atoms with Crippen LogP contribution in [0.3, 0.4) is 0 Å². The Kier molecular flexibility index (Phi) is 5.32. The molecule has 1 aromatic carbocycles. The van der Waals surface area contributed by atoms with Crippen molar-refractivity contribution in [3.8, 4) is 0 Å². The SMILES string of the molecule is Cc1cc(C)cc(C(=O)CCN2CCCN(C)CC2)c1. The fourth-order valence-electron chi connectivity index (χ4n) is 2.86. The van der Waals surface area contributed by atoms with Gasteiger partial charge in [-0.15, -0.1) is 0 Å². The zero-order valence-electron chi connectivity index (χ0n) is 13.0. The quantitative estimate of drug-likeness (QED) is 0.788. The molecule has 0 amide bonds. The monoisotopic (exact) mass is 274 g/mol. The summed E-state index contributed by atoms with van der Waals surface area (Å²) in [4.78, 5) is 17.1. The molecule has 1 aromatic rings. The van der Waals surface area contributed by atoms with Gasteiger partial charge in [0.15, 0.2) is 5.78 Å². The lowest BCUT2D eigenvalue weighted by atomic mass is 10.0. The number of nitrogens with zero attached hydrogens (tertiary/aromatic N) is 2. The Bertz CT molecular complexity index is 450. The molecular weight excluding hydrogens is 248 g/mol. The van der Waals surface area contributed by atoms with Gasteiger partial charge in [-0.05, 0) is 52.5 Å². The zero-order chi connectivity index (χ0) is 14.5. The molecule has 1 aliphatic heterocycles.